The fourth-order valence-corrected chi connectivity index (χ4v) is 3.36. The number of aryl methyl sites for hydroxylation is 1. The summed E-state index contributed by atoms with van der Waals surface area (Å²) in [6.45, 7) is 0. The first-order valence-corrected chi connectivity index (χ1v) is 7.99. The molecule has 0 saturated heterocycles. The third-order valence-corrected chi connectivity index (χ3v) is 4.42. The predicted octanol–water partition coefficient (Wildman–Crippen LogP) is 3.59. The second kappa shape index (κ2) is 6.02. The van der Waals surface area contributed by atoms with Crippen molar-refractivity contribution in [2.24, 2.45) is 0 Å². The van der Waals surface area contributed by atoms with E-state index in [2.05, 4.69) is 19.9 Å². The highest BCUT2D eigenvalue weighted by atomic mass is 19.4. The molecule has 2 aromatic heterocycles. The highest BCUT2D eigenvalue weighted by molar-refractivity contribution is 5.88. The van der Waals surface area contributed by atoms with Crippen molar-refractivity contribution in [2.75, 3.05) is 5.73 Å². The van der Waals surface area contributed by atoms with Gasteiger partial charge in [0, 0.05) is 22.4 Å². The minimum absolute atomic E-state index is 0.0268. The number of pyridine rings is 1. The zero-order chi connectivity index (χ0) is 19.2. The van der Waals surface area contributed by atoms with Gasteiger partial charge in [-0.15, -0.1) is 13.2 Å². The number of H-pyrrole nitrogens is 1. The molecule has 0 saturated carbocycles. The van der Waals surface area contributed by atoms with Crippen molar-refractivity contribution in [3.05, 3.63) is 47.3 Å². The molecule has 6 nitrogen and oxygen atoms in total. The predicted molar refractivity (Wildman–Crippen MR) is 90.5 cm³/mol. The van der Waals surface area contributed by atoms with Gasteiger partial charge >= 0.3 is 6.36 Å². The summed E-state index contributed by atoms with van der Waals surface area (Å²) in [4.78, 5) is 4.32. The third-order valence-electron chi connectivity index (χ3n) is 4.42. The fraction of sp³-hybridized carbons (Fsp3) is 0.167. The Balaban J connectivity index is 2.02. The molecule has 3 N–H and O–H groups in total. The van der Waals surface area contributed by atoms with E-state index in [9.17, 15) is 18.4 Å². The summed E-state index contributed by atoms with van der Waals surface area (Å²) in [5.41, 5.74) is 9.20. The number of halogens is 3. The number of hydrogen-bond donors (Lipinski definition) is 2. The molecule has 0 spiro atoms. The Morgan fingerprint density at radius 1 is 1.19 bits per heavy atom. The Bertz CT molecular complexity index is 1080. The molecule has 0 unspecified atom stereocenters. The molecular formula is C18H12F3N5O. The van der Waals surface area contributed by atoms with Crippen LogP contribution in [0.2, 0.25) is 0 Å². The molecule has 1 aliphatic rings. The molecule has 27 heavy (non-hydrogen) atoms. The van der Waals surface area contributed by atoms with Crippen LogP contribution in [0.15, 0.2) is 30.5 Å². The minimum atomic E-state index is -4.86. The Kier molecular flexibility index (Phi) is 3.77. The second-order valence-corrected chi connectivity index (χ2v) is 5.99. The number of aromatic amines is 1. The van der Waals surface area contributed by atoms with E-state index in [1.165, 1.54) is 18.2 Å². The summed E-state index contributed by atoms with van der Waals surface area (Å²) in [6.07, 6.45) is -2.21. The van der Waals surface area contributed by atoms with Crippen molar-refractivity contribution >= 4 is 5.82 Å². The number of nitrogens with one attached hydrogen (secondary N) is 1. The van der Waals surface area contributed by atoms with Crippen molar-refractivity contribution in [2.45, 2.75) is 19.2 Å². The van der Waals surface area contributed by atoms with Gasteiger partial charge in [0.2, 0.25) is 0 Å². The summed E-state index contributed by atoms with van der Waals surface area (Å²) in [5.74, 6) is -0.450. The maximum atomic E-state index is 12.9. The number of nitrogens with two attached hydrogens (primary N) is 1. The van der Waals surface area contributed by atoms with Crippen LogP contribution in [0.5, 0.6) is 5.75 Å². The van der Waals surface area contributed by atoms with Crippen molar-refractivity contribution < 1.29 is 17.9 Å². The Labute approximate surface area is 151 Å². The number of aromatic nitrogens is 3. The number of nitrogens with zero attached hydrogens (tertiary/aromatic N) is 3. The zero-order valence-corrected chi connectivity index (χ0v) is 13.8. The third kappa shape index (κ3) is 2.85. The van der Waals surface area contributed by atoms with E-state index in [4.69, 9.17) is 5.73 Å². The van der Waals surface area contributed by atoms with Crippen LogP contribution < -0.4 is 10.5 Å². The summed E-state index contributed by atoms with van der Waals surface area (Å²) in [7, 11) is 0. The summed E-state index contributed by atoms with van der Waals surface area (Å²) in [6, 6.07) is 7.66. The van der Waals surface area contributed by atoms with Gasteiger partial charge in [0.15, 0.2) is 0 Å². The van der Waals surface area contributed by atoms with Gasteiger partial charge in [0.05, 0.1) is 11.9 Å². The first kappa shape index (κ1) is 16.9. The van der Waals surface area contributed by atoms with Crippen molar-refractivity contribution in [1.29, 1.82) is 5.26 Å². The fourth-order valence-electron chi connectivity index (χ4n) is 3.36. The Morgan fingerprint density at radius 3 is 2.70 bits per heavy atom. The monoisotopic (exact) mass is 371 g/mol. The maximum Gasteiger partial charge on any atom is 0.573 e. The van der Waals surface area contributed by atoms with Gasteiger partial charge in [-0.1, -0.05) is 18.2 Å². The second-order valence-electron chi connectivity index (χ2n) is 5.99. The highest BCUT2D eigenvalue weighted by Crippen LogP contribution is 2.44. The first-order valence-electron chi connectivity index (χ1n) is 7.99. The van der Waals surface area contributed by atoms with Gasteiger partial charge in [-0.3, -0.25) is 5.10 Å². The molecule has 1 aromatic carbocycles. The smallest absolute Gasteiger partial charge is 0.405 e. The number of nitriles is 1. The van der Waals surface area contributed by atoms with Crippen LogP contribution in [-0.4, -0.2) is 21.5 Å². The van der Waals surface area contributed by atoms with E-state index in [0.717, 1.165) is 11.3 Å². The average Bonchev–Trinajstić information content (AvgIpc) is 3.09. The van der Waals surface area contributed by atoms with Gasteiger partial charge in [-0.25, -0.2) is 4.98 Å². The lowest BCUT2D eigenvalue weighted by atomic mass is 9.85. The molecule has 0 atom stereocenters. The molecule has 0 amide bonds. The number of ether oxygens (including phenoxy) is 1. The van der Waals surface area contributed by atoms with Crippen LogP contribution in [0.3, 0.4) is 0 Å². The van der Waals surface area contributed by atoms with Crippen LogP contribution in [0.25, 0.3) is 22.4 Å². The first-order chi connectivity index (χ1) is 12.9. The summed E-state index contributed by atoms with van der Waals surface area (Å²) in [5, 5.41) is 16.5. The van der Waals surface area contributed by atoms with Gasteiger partial charge in [-0.2, -0.15) is 10.4 Å². The van der Waals surface area contributed by atoms with E-state index in [0.29, 0.717) is 29.7 Å². The number of rotatable bonds is 2. The highest BCUT2D eigenvalue weighted by Gasteiger charge is 2.34. The molecule has 3 aromatic rings. The van der Waals surface area contributed by atoms with Crippen LogP contribution in [-0.2, 0) is 12.8 Å². The molecule has 2 heterocycles. The zero-order valence-electron chi connectivity index (χ0n) is 13.8. The van der Waals surface area contributed by atoms with Crippen LogP contribution >= 0.6 is 0 Å². The lowest BCUT2D eigenvalue weighted by Crippen LogP contribution is -2.18. The molecule has 136 valence electrons. The quantitative estimate of drug-likeness (QED) is 0.717. The summed E-state index contributed by atoms with van der Waals surface area (Å²) < 4.78 is 42.8. The normalized spacial score (nSPS) is 12.8. The van der Waals surface area contributed by atoms with E-state index < -0.39 is 12.1 Å². The van der Waals surface area contributed by atoms with E-state index >= 15 is 0 Å². The van der Waals surface area contributed by atoms with E-state index in [1.54, 1.807) is 12.3 Å². The summed E-state index contributed by atoms with van der Waals surface area (Å²) >= 11 is 0. The molecule has 0 aliphatic heterocycles. The number of fused-ring (bicyclic) bond motifs is 3. The molecule has 0 radical (unpaired) electrons. The largest absolute Gasteiger partial charge is 0.573 e. The van der Waals surface area contributed by atoms with Crippen LogP contribution in [0.1, 0.15) is 16.8 Å². The van der Waals surface area contributed by atoms with Gasteiger partial charge in [0.25, 0.3) is 0 Å². The minimum Gasteiger partial charge on any atom is -0.405 e. The number of alkyl halides is 3. The van der Waals surface area contributed by atoms with Crippen molar-refractivity contribution in [3.8, 4) is 34.2 Å². The lowest BCUT2D eigenvalue weighted by Gasteiger charge is -2.22. The van der Waals surface area contributed by atoms with Gasteiger partial charge in [-0.05, 0) is 24.5 Å². The Hall–Kier alpha value is -3.54. The number of benzene rings is 1. The lowest BCUT2D eigenvalue weighted by molar-refractivity contribution is -0.274. The number of anilines is 1. The van der Waals surface area contributed by atoms with Crippen molar-refractivity contribution in [1.82, 2.24) is 15.2 Å². The number of hydrogen-bond acceptors (Lipinski definition) is 5. The number of nitrogen functional groups attached to an aromatic ring is 1. The molecular weight excluding hydrogens is 359 g/mol. The van der Waals surface area contributed by atoms with E-state index in [1.807, 2.05) is 6.07 Å². The van der Waals surface area contributed by atoms with Crippen LogP contribution in [0.4, 0.5) is 19.0 Å². The van der Waals surface area contributed by atoms with E-state index in [-0.39, 0.29) is 16.9 Å². The SMILES string of the molecule is N#Cc1c(N)nc2c(c1-c1ccccc1OC(F)(F)F)CCc1[nH]ncc1-2. The molecule has 9 heteroatoms. The van der Waals surface area contributed by atoms with Gasteiger partial charge in [0.1, 0.15) is 23.2 Å². The molecule has 0 fully saturated rings. The molecule has 0 bridgehead atoms. The number of para-hydroxylation sites is 1. The maximum absolute atomic E-state index is 12.9. The average molecular weight is 371 g/mol. The van der Waals surface area contributed by atoms with Gasteiger partial charge < -0.3 is 10.5 Å². The standard InChI is InChI=1S/C18H12F3N5O/c19-18(20,21)27-14-4-2-1-3-9(14)15-10-5-6-13-12(8-24-26-13)16(10)25-17(23)11(15)7-22/h1-4,8H,5-6H2,(H2,23,25)(H,24,26). The van der Waals surface area contributed by atoms with Crippen LogP contribution in [0, 0.1) is 11.3 Å². The Morgan fingerprint density at radius 2 is 1.96 bits per heavy atom. The molecule has 4 rings (SSSR count). The topological polar surface area (TPSA) is 101 Å². The van der Waals surface area contributed by atoms with Crippen molar-refractivity contribution in [3.63, 3.8) is 0 Å². The molecule has 1 aliphatic carbocycles.